The van der Waals surface area contributed by atoms with Gasteiger partial charge in [-0.25, -0.2) is 15.0 Å². The molecule has 22 heavy (non-hydrogen) atoms. The first-order valence-electron chi connectivity index (χ1n) is 7.23. The molecule has 114 valence electrons. The second-order valence-corrected chi connectivity index (χ2v) is 5.47. The molecule has 3 heterocycles. The molecule has 0 bridgehead atoms. The van der Waals surface area contributed by atoms with Gasteiger partial charge in [-0.1, -0.05) is 11.6 Å². The van der Waals surface area contributed by atoms with Crippen LogP contribution in [0.25, 0.3) is 0 Å². The van der Waals surface area contributed by atoms with Gasteiger partial charge in [0.25, 0.3) is 5.91 Å². The van der Waals surface area contributed by atoms with Crippen LogP contribution < -0.4 is 10.2 Å². The highest BCUT2D eigenvalue weighted by molar-refractivity contribution is 6.33. The van der Waals surface area contributed by atoms with Gasteiger partial charge in [0, 0.05) is 19.3 Å². The van der Waals surface area contributed by atoms with Crippen LogP contribution in [0.15, 0.2) is 30.7 Å². The van der Waals surface area contributed by atoms with E-state index < -0.39 is 0 Å². The molecule has 7 heteroatoms. The lowest BCUT2D eigenvalue weighted by atomic mass is 10.1. The second-order valence-electron chi connectivity index (χ2n) is 5.12. The summed E-state index contributed by atoms with van der Waals surface area (Å²) in [6.45, 7) is 1.97. The number of piperidine rings is 1. The Labute approximate surface area is 133 Å². The summed E-state index contributed by atoms with van der Waals surface area (Å²) in [6.07, 6.45) is 8.35. The number of hydrogen-bond acceptors (Lipinski definition) is 5. The van der Waals surface area contributed by atoms with Gasteiger partial charge >= 0.3 is 0 Å². The number of nitrogens with one attached hydrogen (secondary N) is 1. The third kappa shape index (κ3) is 3.33. The number of aromatic nitrogens is 3. The van der Waals surface area contributed by atoms with E-state index >= 15 is 0 Å². The van der Waals surface area contributed by atoms with Crippen molar-refractivity contribution >= 4 is 29.1 Å². The predicted octanol–water partition coefficient (Wildman–Crippen LogP) is 2.77. The van der Waals surface area contributed by atoms with Crippen LogP contribution in [-0.4, -0.2) is 33.9 Å². The van der Waals surface area contributed by atoms with Gasteiger partial charge in [-0.15, -0.1) is 0 Å². The van der Waals surface area contributed by atoms with Gasteiger partial charge in [0.1, 0.15) is 5.15 Å². The fraction of sp³-hybridized carbons (Fsp3) is 0.333. The first-order chi connectivity index (χ1) is 10.7. The lowest BCUT2D eigenvalue weighted by Gasteiger charge is -2.26. The van der Waals surface area contributed by atoms with Gasteiger partial charge in [-0.3, -0.25) is 4.79 Å². The predicted molar refractivity (Wildman–Crippen MR) is 85.3 cm³/mol. The maximum atomic E-state index is 12.1. The van der Waals surface area contributed by atoms with E-state index in [2.05, 4.69) is 25.2 Å². The minimum absolute atomic E-state index is 0.172. The Morgan fingerprint density at radius 2 is 1.86 bits per heavy atom. The minimum atomic E-state index is -0.326. The molecule has 0 aromatic carbocycles. The van der Waals surface area contributed by atoms with Crippen LogP contribution in [-0.2, 0) is 0 Å². The van der Waals surface area contributed by atoms with Crippen molar-refractivity contribution in [2.24, 2.45) is 0 Å². The molecular formula is C15H16ClN5O. The van der Waals surface area contributed by atoms with E-state index in [9.17, 15) is 4.79 Å². The molecule has 2 aromatic rings. The Hall–Kier alpha value is -2.21. The van der Waals surface area contributed by atoms with E-state index in [0.717, 1.165) is 13.1 Å². The fourth-order valence-corrected chi connectivity index (χ4v) is 2.60. The van der Waals surface area contributed by atoms with Gasteiger partial charge in [-0.05, 0) is 31.4 Å². The van der Waals surface area contributed by atoms with E-state index in [4.69, 9.17) is 11.6 Å². The molecule has 1 fully saturated rings. The Kier molecular flexibility index (Phi) is 4.48. The third-order valence-corrected chi connectivity index (χ3v) is 3.84. The quantitative estimate of drug-likeness (QED) is 0.881. The summed E-state index contributed by atoms with van der Waals surface area (Å²) in [4.78, 5) is 26.8. The molecule has 0 spiro atoms. The molecule has 1 saturated heterocycles. The van der Waals surface area contributed by atoms with Crippen molar-refractivity contribution in [3.8, 4) is 0 Å². The Morgan fingerprint density at radius 1 is 1.14 bits per heavy atom. The number of nitrogens with zero attached hydrogens (tertiary/aromatic N) is 4. The van der Waals surface area contributed by atoms with Crippen molar-refractivity contribution in [1.82, 2.24) is 15.0 Å². The van der Waals surface area contributed by atoms with E-state index in [1.807, 2.05) is 0 Å². The van der Waals surface area contributed by atoms with Crippen LogP contribution in [0.5, 0.6) is 0 Å². The minimum Gasteiger partial charge on any atom is -0.341 e. The molecular weight excluding hydrogens is 302 g/mol. The second kappa shape index (κ2) is 6.70. The van der Waals surface area contributed by atoms with Crippen molar-refractivity contribution in [3.05, 3.63) is 41.4 Å². The standard InChI is InChI=1S/C15H16ClN5O/c16-13-12(5-4-6-17-13)14(22)20-11-9-18-15(19-10-11)21-7-2-1-3-8-21/h4-6,9-10H,1-3,7-8H2,(H,20,22). The van der Waals surface area contributed by atoms with Crippen molar-refractivity contribution < 1.29 is 4.79 Å². The zero-order valence-electron chi connectivity index (χ0n) is 12.0. The molecule has 0 atom stereocenters. The molecule has 1 amide bonds. The van der Waals surface area contributed by atoms with Crippen LogP contribution in [0.1, 0.15) is 29.6 Å². The molecule has 0 saturated carbocycles. The third-order valence-electron chi connectivity index (χ3n) is 3.54. The number of rotatable bonds is 3. The van der Waals surface area contributed by atoms with Crippen LogP contribution in [0.4, 0.5) is 11.6 Å². The van der Waals surface area contributed by atoms with Crippen molar-refractivity contribution in [2.45, 2.75) is 19.3 Å². The van der Waals surface area contributed by atoms with Crippen LogP contribution in [0, 0.1) is 0 Å². The highest BCUT2D eigenvalue weighted by Gasteiger charge is 2.14. The molecule has 1 N–H and O–H groups in total. The Morgan fingerprint density at radius 3 is 2.55 bits per heavy atom. The lowest BCUT2D eigenvalue weighted by molar-refractivity contribution is 0.102. The van der Waals surface area contributed by atoms with E-state index in [-0.39, 0.29) is 11.1 Å². The van der Waals surface area contributed by atoms with Gasteiger partial charge < -0.3 is 10.2 Å². The summed E-state index contributed by atoms with van der Waals surface area (Å²) in [5.74, 6) is 0.379. The van der Waals surface area contributed by atoms with Crippen molar-refractivity contribution in [3.63, 3.8) is 0 Å². The number of carbonyl (C=O) groups is 1. The molecule has 0 radical (unpaired) electrons. The number of carbonyl (C=O) groups excluding carboxylic acids is 1. The van der Waals surface area contributed by atoms with E-state index in [0.29, 0.717) is 17.2 Å². The first kappa shape index (κ1) is 14.7. The molecule has 0 aliphatic carbocycles. The van der Waals surface area contributed by atoms with Gasteiger partial charge in [0.05, 0.1) is 23.6 Å². The first-order valence-corrected chi connectivity index (χ1v) is 7.61. The maximum Gasteiger partial charge on any atom is 0.258 e. The van der Waals surface area contributed by atoms with Crippen molar-refractivity contribution in [1.29, 1.82) is 0 Å². The zero-order chi connectivity index (χ0) is 15.4. The maximum absolute atomic E-state index is 12.1. The zero-order valence-corrected chi connectivity index (χ0v) is 12.8. The lowest BCUT2D eigenvalue weighted by Crippen LogP contribution is -2.30. The smallest absolute Gasteiger partial charge is 0.258 e. The summed E-state index contributed by atoms with van der Waals surface area (Å²) in [6, 6.07) is 3.28. The summed E-state index contributed by atoms with van der Waals surface area (Å²) in [5, 5.41) is 2.89. The molecule has 1 aliphatic rings. The molecule has 1 aliphatic heterocycles. The van der Waals surface area contributed by atoms with E-state index in [1.165, 1.54) is 25.5 Å². The number of amides is 1. The summed E-state index contributed by atoms with van der Waals surface area (Å²) in [5.41, 5.74) is 0.856. The Balaban J connectivity index is 1.68. The summed E-state index contributed by atoms with van der Waals surface area (Å²) < 4.78 is 0. The molecule has 6 nitrogen and oxygen atoms in total. The van der Waals surface area contributed by atoms with Gasteiger partial charge in [0.15, 0.2) is 0 Å². The highest BCUT2D eigenvalue weighted by atomic mass is 35.5. The number of anilines is 2. The van der Waals surface area contributed by atoms with E-state index in [1.54, 1.807) is 24.5 Å². The van der Waals surface area contributed by atoms with Crippen LogP contribution >= 0.6 is 11.6 Å². The number of hydrogen-bond donors (Lipinski definition) is 1. The molecule has 3 rings (SSSR count). The SMILES string of the molecule is O=C(Nc1cnc(N2CCCCC2)nc1)c1cccnc1Cl. The highest BCUT2D eigenvalue weighted by Crippen LogP contribution is 2.17. The monoisotopic (exact) mass is 317 g/mol. The largest absolute Gasteiger partial charge is 0.341 e. The normalized spacial score (nSPS) is 14.7. The van der Waals surface area contributed by atoms with Crippen LogP contribution in [0.2, 0.25) is 5.15 Å². The van der Waals surface area contributed by atoms with Crippen LogP contribution in [0.3, 0.4) is 0 Å². The van der Waals surface area contributed by atoms with Crippen molar-refractivity contribution in [2.75, 3.05) is 23.3 Å². The van der Waals surface area contributed by atoms with Gasteiger partial charge in [0.2, 0.25) is 5.95 Å². The number of pyridine rings is 1. The molecule has 2 aromatic heterocycles. The topological polar surface area (TPSA) is 71.0 Å². The summed E-state index contributed by atoms with van der Waals surface area (Å²) >= 11 is 5.90. The summed E-state index contributed by atoms with van der Waals surface area (Å²) in [7, 11) is 0. The Bertz CT molecular complexity index is 655. The fourth-order valence-electron chi connectivity index (χ4n) is 2.40. The molecule has 0 unspecified atom stereocenters. The average molecular weight is 318 g/mol. The van der Waals surface area contributed by atoms with Gasteiger partial charge in [-0.2, -0.15) is 0 Å². The average Bonchev–Trinajstić information content (AvgIpc) is 2.57. The number of halogens is 1.